The molecular formula is C20H22BrN5OS2. The molecule has 0 bridgehead atoms. The van der Waals surface area contributed by atoms with Crippen LogP contribution in [-0.2, 0) is 0 Å². The Morgan fingerprint density at radius 1 is 1.31 bits per heavy atom. The van der Waals surface area contributed by atoms with E-state index in [2.05, 4.69) is 36.5 Å². The summed E-state index contributed by atoms with van der Waals surface area (Å²) in [7, 11) is 3.71. The molecule has 3 rings (SSSR count). The van der Waals surface area contributed by atoms with Crippen molar-refractivity contribution < 1.29 is 4.79 Å². The zero-order valence-electron chi connectivity index (χ0n) is 16.4. The summed E-state index contributed by atoms with van der Waals surface area (Å²) in [6.07, 6.45) is 1.83. The molecule has 2 heterocycles. The van der Waals surface area contributed by atoms with Crippen molar-refractivity contribution in [3.05, 3.63) is 58.3 Å². The van der Waals surface area contributed by atoms with Crippen molar-refractivity contribution >= 4 is 55.9 Å². The summed E-state index contributed by atoms with van der Waals surface area (Å²) in [6.45, 7) is 3.40. The number of benzene rings is 1. The quantitative estimate of drug-likeness (QED) is 0.441. The predicted octanol–water partition coefficient (Wildman–Crippen LogP) is 4.80. The zero-order valence-corrected chi connectivity index (χ0v) is 19.6. The third kappa shape index (κ3) is 6.02. The second kappa shape index (κ2) is 10.2. The molecule has 0 spiro atoms. The van der Waals surface area contributed by atoms with E-state index in [4.69, 9.17) is 0 Å². The number of nitrogens with zero attached hydrogens (tertiary/aromatic N) is 3. The monoisotopic (exact) mass is 491 g/mol. The number of aromatic nitrogens is 2. The van der Waals surface area contributed by atoms with Gasteiger partial charge in [0.2, 0.25) is 0 Å². The molecule has 29 heavy (non-hydrogen) atoms. The molecule has 0 saturated carbocycles. The number of rotatable bonds is 8. The van der Waals surface area contributed by atoms with Gasteiger partial charge in [-0.15, -0.1) is 0 Å². The van der Waals surface area contributed by atoms with Crippen LogP contribution in [-0.4, -0.2) is 48.0 Å². The molecule has 152 valence electrons. The van der Waals surface area contributed by atoms with Gasteiger partial charge in [0.15, 0.2) is 5.13 Å². The molecule has 9 heteroatoms. The maximum Gasteiger partial charge on any atom is 0.253 e. The highest BCUT2D eigenvalue weighted by molar-refractivity contribution is 9.10. The lowest BCUT2D eigenvalue weighted by Crippen LogP contribution is -2.33. The minimum absolute atomic E-state index is 0.0348. The first-order chi connectivity index (χ1) is 14.0. The van der Waals surface area contributed by atoms with Gasteiger partial charge < -0.3 is 15.5 Å². The van der Waals surface area contributed by atoms with Crippen LogP contribution in [0.5, 0.6) is 0 Å². The van der Waals surface area contributed by atoms with Crippen LogP contribution in [0.1, 0.15) is 15.9 Å². The van der Waals surface area contributed by atoms with Crippen LogP contribution < -0.4 is 10.6 Å². The lowest BCUT2D eigenvalue weighted by molar-refractivity contribution is 0.0796. The topological polar surface area (TPSA) is 70.2 Å². The van der Waals surface area contributed by atoms with E-state index in [1.807, 2.05) is 63.6 Å². The molecule has 0 unspecified atom stereocenters. The molecule has 0 aliphatic heterocycles. The number of pyridine rings is 1. The Morgan fingerprint density at radius 3 is 2.90 bits per heavy atom. The van der Waals surface area contributed by atoms with Gasteiger partial charge in [-0.25, -0.2) is 9.97 Å². The van der Waals surface area contributed by atoms with Crippen molar-refractivity contribution in [2.75, 3.05) is 32.5 Å². The van der Waals surface area contributed by atoms with Crippen LogP contribution in [0.15, 0.2) is 56.3 Å². The lowest BCUT2D eigenvalue weighted by atomic mass is 10.1. The molecule has 6 nitrogen and oxygen atoms in total. The number of carbonyl (C=O) groups excluding carboxylic acids is 1. The number of carbonyl (C=O) groups is 1. The van der Waals surface area contributed by atoms with Crippen molar-refractivity contribution in [3.63, 3.8) is 0 Å². The maximum atomic E-state index is 12.8. The van der Waals surface area contributed by atoms with Crippen molar-refractivity contribution in [2.24, 2.45) is 0 Å². The molecule has 0 fully saturated rings. The Bertz CT molecular complexity index is 995. The standard InChI is InChI=1S/C20H22BrN5OS2/c1-13-7-8-14(11-15(13)19(27)26(3)10-9-22-2)28-18-12-23-20(29-18)25-17-6-4-5-16(21)24-17/h4-8,11-12,22H,9-10H2,1-3H3,(H,23,24,25). The van der Waals surface area contributed by atoms with E-state index in [1.54, 1.807) is 28.0 Å². The fourth-order valence-electron chi connectivity index (χ4n) is 2.55. The number of halogens is 1. The Labute approximate surface area is 187 Å². The molecular weight excluding hydrogens is 470 g/mol. The molecule has 0 atom stereocenters. The van der Waals surface area contributed by atoms with Crippen molar-refractivity contribution in [3.8, 4) is 0 Å². The first-order valence-corrected chi connectivity index (χ1v) is 11.4. The van der Waals surface area contributed by atoms with Crippen LogP contribution >= 0.6 is 39.0 Å². The van der Waals surface area contributed by atoms with Crippen LogP contribution in [0.4, 0.5) is 10.9 Å². The fraction of sp³-hybridized carbons (Fsp3) is 0.250. The van der Waals surface area contributed by atoms with Crippen molar-refractivity contribution in [2.45, 2.75) is 16.0 Å². The van der Waals surface area contributed by atoms with Gasteiger partial charge >= 0.3 is 0 Å². The van der Waals surface area contributed by atoms with Crippen LogP contribution in [0.25, 0.3) is 0 Å². The number of hydrogen-bond donors (Lipinski definition) is 2. The molecule has 2 N–H and O–H groups in total. The van der Waals surface area contributed by atoms with E-state index in [0.29, 0.717) is 6.54 Å². The van der Waals surface area contributed by atoms with Gasteiger partial charge in [0.05, 0.1) is 10.4 Å². The summed E-state index contributed by atoms with van der Waals surface area (Å²) in [5.41, 5.74) is 1.71. The highest BCUT2D eigenvalue weighted by atomic mass is 79.9. The molecule has 0 aliphatic carbocycles. The Hall–Kier alpha value is -1.94. The Morgan fingerprint density at radius 2 is 2.14 bits per heavy atom. The highest BCUT2D eigenvalue weighted by Gasteiger charge is 2.15. The summed E-state index contributed by atoms with van der Waals surface area (Å²) >= 11 is 6.51. The molecule has 1 amide bonds. The summed E-state index contributed by atoms with van der Waals surface area (Å²) in [5.74, 6) is 0.769. The largest absolute Gasteiger partial charge is 0.340 e. The van der Waals surface area contributed by atoms with Crippen molar-refractivity contribution in [1.82, 2.24) is 20.2 Å². The van der Waals surface area contributed by atoms with Gasteiger partial charge in [-0.3, -0.25) is 4.79 Å². The second-order valence-corrected chi connectivity index (χ2v) is 9.58. The SMILES string of the molecule is CNCCN(C)C(=O)c1cc(Sc2cnc(Nc3cccc(Br)n3)s2)ccc1C. The number of aryl methyl sites for hydroxylation is 1. The van der Waals surface area contributed by atoms with Gasteiger partial charge in [0.25, 0.3) is 5.91 Å². The van der Waals surface area contributed by atoms with E-state index in [0.717, 1.165) is 42.3 Å². The summed E-state index contributed by atoms with van der Waals surface area (Å²) in [4.78, 5) is 24.3. The summed E-state index contributed by atoms with van der Waals surface area (Å²) in [5, 5.41) is 7.05. The lowest BCUT2D eigenvalue weighted by Gasteiger charge is -2.18. The van der Waals surface area contributed by atoms with E-state index >= 15 is 0 Å². The normalized spacial score (nSPS) is 10.8. The molecule has 2 aromatic heterocycles. The Balaban J connectivity index is 1.71. The summed E-state index contributed by atoms with van der Waals surface area (Å²) < 4.78 is 1.80. The first-order valence-electron chi connectivity index (χ1n) is 9.00. The third-order valence-corrected chi connectivity index (χ3v) is 6.58. The number of anilines is 2. The van der Waals surface area contributed by atoms with Gasteiger partial charge in [-0.05, 0) is 59.7 Å². The number of hydrogen-bond acceptors (Lipinski definition) is 7. The molecule has 0 aliphatic rings. The van der Waals surface area contributed by atoms with Gasteiger partial charge in [0.1, 0.15) is 10.4 Å². The van der Waals surface area contributed by atoms with Gasteiger partial charge in [0, 0.05) is 30.6 Å². The first kappa shape index (κ1) is 21.8. The highest BCUT2D eigenvalue weighted by Crippen LogP contribution is 2.35. The van der Waals surface area contributed by atoms with Crippen LogP contribution in [0, 0.1) is 6.92 Å². The van der Waals surface area contributed by atoms with E-state index in [-0.39, 0.29) is 5.91 Å². The minimum atomic E-state index is 0.0348. The van der Waals surface area contributed by atoms with Crippen molar-refractivity contribution in [1.29, 1.82) is 0 Å². The van der Waals surface area contributed by atoms with E-state index in [9.17, 15) is 4.79 Å². The number of amides is 1. The predicted molar refractivity (Wildman–Crippen MR) is 124 cm³/mol. The van der Waals surface area contributed by atoms with Gasteiger partial charge in [-0.1, -0.05) is 35.2 Å². The number of likely N-dealkylation sites (N-methyl/N-ethyl adjacent to an activating group) is 2. The average molecular weight is 492 g/mol. The van der Waals surface area contributed by atoms with Gasteiger partial charge in [-0.2, -0.15) is 0 Å². The van der Waals surface area contributed by atoms with E-state index < -0.39 is 0 Å². The maximum absolute atomic E-state index is 12.8. The van der Waals surface area contributed by atoms with E-state index in [1.165, 1.54) is 0 Å². The van der Waals surface area contributed by atoms with Crippen LogP contribution in [0.2, 0.25) is 0 Å². The number of thiazole rings is 1. The number of nitrogens with one attached hydrogen (secondary N) is 2. The zero-order chi connectivity index (χ0) is 20.8. The average Bonchev–Trinajstić information content (AvgIpc) is 3.13. The second-order valence-electron chi connectivity index (χ2n) is 6.36. The molecule has 0 saturated heterocycles. The minimum Gasteiger partial charge on any atom is -0.340 e. The van der Waals surface area contributed by atoms with Crippen LogP contribution in [0.3, 0.4) is 0 Å². The summed E-state index contributed by atoms with van der Waals surface area (Å²) in [6, 6.07) is 11.7. The molecule has 3 aromatic rings. The fourth-order valence-corrected chi connectivity index (χ4v) is 4.79. The Kier molecular flexibility index (Phi) is 7.65. The molecule has 1 aromatic carbocycles. The molecule has 0 radical (unpaired) electrons. The smallest absolute Gasteiger partial charge is 0.253 e. The third-order valence-electron chi connectivity index (χ3n) is 4.14.